The number of para-hydroxylation sites is 1. The summed E-state index contributed by atoms with van der Waals surface area (Å²) < 4.78 is 90.5. The first kappa shape index (κ1) is 19.2. The highest BCUT2D eigenvalue weighted by Gasteiger charge is 2.17. The van der Waals surface area contributed by atoms with Gasteiger partial charge in [0, 0.05) is 33.0 Å². The molecule has 8 aromatic carbocycles. The van der Waals surface area contributed by atoms with Gasteiger partial charge in [-0.2, -0.15) is 0 Å². The molecule has 2 heterocycles. The summed E-state index contributed by atoms with van der Waals surface area (Å²) in [5, 5.41) is 8.61. The zero-order chi connectivity index (χ0) is 41.0. The Bertz CT molecular complexity index is 3300. The highest BCUT2D eigenvalue weighted by atomic mass is 16.3. The van der Waals surface area contributed by atoms with Crippen LogP contribution in [0, 0.1) is 0 Å². The van der Waals surface area contributed by atoms with Crippen LogP contribution in [-0.4, -0.2) is 15.0 Å². The van der Waals surface area contributed by atoms with Crippen LogP contribution in [0.3, 0.4) is 0 Å². The van der Waals surface area contributed by atoms with Crippen molar-refractivity contribution in [2.45, 2.75) is 0 Å². The third-order valence-electron chi connectivity index (χ3n) is 8.89. The molecule has 0 amide bonds. The fourth-order valence-electron chi connectivity index (χ4n) is 6.69. The molecule has 0 fully saturated rings. The summed E-state index contributed by atoms with van der Waals surface area (Å²) in [5.41, 5.74) is 2.69. The minimum atomic E-state index is -0.611. The van der Waals surface area contributed by atoms with E-state index in [1.807, 2.05) is 30.3 Å². The number of rotatable bonds is 4. The third kappa shape index (κ3) is 4.49. The lowest BCUT2D eigenvalue weighted by Crippen LogP contribution is -2.00. The molecule has 0 spiro atoms. The molecule has 0 aliphatic rings. The fraction of sp³-hybridized carbons (Fsp3) is 0. The summed E-state index contributed by atoms with van der Waals surface area (Å²) in [6.45, 7) is 0. The number of benzene rings is 8. The molecule has 228 valence electrons. The molecule has 0 aliphatic heterocycles. The number of furan rings is 1. The standard InChI is InChI=1S/C45H27N3O/c1-3-12-28(13-4-1)43-46-44(29-14-5-2-6-15-29)48-45(47-43)31-23-25-38-39-21-11-20-32(42(39)49-41(38)27-31)30-22-24-37-35-18-8-7-16-33(35)34-17-9-10-19-36(34)40(37)26-30/h1-27H/i1D,2D,3D,4D,5D,6D,12D,13D,14D,15D. The topological polar surface area (TPSA) is 51.8 Å². The Morgan fingerprint density at radius 2 is 0.878 bits per heavy atom. The first-order valence-corrected chi connectivity index (χ1v) is 15.6. The summed E-state index contributed by atoms with van der Waals surface area (Å²) in [6, 6.07) is 28.6. The van der Waals surface area contributed by atoms with Crippen molar-refractivity contribution in [2.24, 2.45) is 0 Å². The molecule has 10 rings (SSSR count). The van der Waals surface area contributed by atoms with Crippen molar-refractivity contribution in [2.75, 3.05) is 0 Å². The van der Waals surface area contributed by atoms with Gasteiger partial charge >= 0.3 is 0 Å². The Kier molecular flexibility index (Phi) is 4.31. The maximum atomic E-state index is 8.64. The number of fused-ring (bicyclic) bond motifs is 9. The van der Waals surface area contributed by atoms with Crippen molar-refractivity contribution in [1.29, 1.82) is 0 Å². The van der Waals surface area contributed by atoms with Gasteiger partial charge in [0.1, 0.15) is 11.2 Å². The molecule has 4 heteroatoms. The number of aromatic nitrogens is 3. The second-order valence-corrected chi connectivity index (χ2v) is 11.7. The quantitative estimate of drug-likeness (QED) is 0.181. The van der Waals surface area contributed by atoms with Crippen LogP contribution in [0.5, 0.6) is 0 Å². The van der Waals surface area contributed by atoms with E-state index in [4.69, 9.17) is 18.1 Å². The van der Waals surface area contributed by atoms with Crippen LogP contribution in [0.15, 0.2) is 168 Å². The van der Waals surface area contributed by atoms with Gasteiger partial charge in [0.15, 0.2) is 17.5 Å². The molecule has 0 radical (unpaired) electrons. The number of nitrogens with zero attached hydrogens (tertiary/aromatic N) is 3. The van der Waals surface area contributed by atoms with Crippen molar-refractivity contribution in [3.63, 3.8) is 0 Å². The lowest BCUT2D eigenvalue weighted by atomic mass is 9.92. The summed E-state index contributed by atoms with van der Waals surface area (Å²) in [5.74, 6) is -0.713. The summed E-state index contributed by atoms with van der Waals surface area (Å²) >= 11 is 0. The van der Waals surface area contributed by atoms with E-state index in [0.717, 1.165) is 38.1 Å². The molecule has 10 aromatic rings. The summed E-state index contributed by atoms with van der Waals surface area (Å²) in [7, 11) is 0. The molecule has 0 unspecified atom stereocenters. The Balaban J connectivity index is 1.18. The number of hydrogen-bond acceptors (Lipinski definition) is 4. The normalized spacial score (nSPS) is 14.5. The van der Waals surface area contributed by atoms with E-state index in [1.165, 1.54) is 16.2 Å². The zero-order valence-electron chi connectivity index (χ0n) is 35.6. The highest BCUT2D eigenvalue weighted by Crippen LogP contribution is 2.41. The molecule has 0 bridgehead atoms. The minimum Gasteiger partial charge on any atom is -0.455 e. The smallest absolute Gasteiger partial charge is 0.164 e. The molecule has 4 nitrogen and oxygen atoms in total. The van der Waals surface area contributed by atoms with Gasteiger partial charge in [0.25, 0.3) is 0 Å². The van der Waals surface area contributed by atoms with Crippen molar-refractivity contribution >= 4 is 54.3 Å². The van der Waals surface area contributed by atoms with Crippen LogP contribution < -0.4 is 0 Å². The van der Waals surface area contributed by atoms with Crippen LogP contribution in [0.2, 0.25) is 0 Å². The predicted octanol–water partition coefficient (Wildman–Crippen LogP) is 11.9. The molecular weight excluding hydrogens is 599 g/mol. The first-order chi connectivity index (χ1) is 28.4. The molecule has 0 saturated carbocycles. The molecule has 0 saturated heterocycles. The number of hydrogen-bond donors (Lipinski definition) is 0. The molecule has 49 heavy (non-hydrogen) atoms. The average Bonchev–Trinajstić information content (AvgIpc) is 3.64. The fourth-order valence-corrected chi connectivity index (χ4v) is 6.69. The van der Waals surface area contributed by atoms with E-state index in [1.54, 1.807) is 12.1 Å². The predicted molar refractivity (Wildman–Crippen MR) is 201 cm³/mol. The van der Waals surface area contributed by atoms with E-state index in [9.17, 15) is 0 Å². The zero-order valence-corrected chi connectivity index (χ0v) is 25.6. The second-order valence-electron chi connectivity index (χ2n) is 11.7. The van der Waals surface area contributed by atoms with Gasteiger partial charge in [-0.25, -0.2) is 15.0 Å². The van der Waals surface area contributed by atoms with Gasteiger partial charge in [-0.3, -0.25) is 0 Å². The van der Waals surface area contributed by atoms with Gasteiger partial charge in [-0.15, -0.1) is 0 Å². The Morgan fingerprint density at radius 1 is 0.388 bits per heavy atom. The summed E-state index contributed by atoms with van der Waals surface area (Å²) in [6.07, 6.45) is 0. The molecule has 2 aromatic heterocycles. The maximum Gasteiger partial charge on any atom is 0.164 e. The minimum absolute atomic E-state index is 0.0418. The van der Waals surface area contributed by atoms with Crippen LogP contribution in [0.1, 0.15) is 13.7 Å². The van der Waals surface area contributed by atoms with Crippen LogP contribution in [0.25, 0.3) is 99.5 Å². The van der Waals surface area contributed by atoms with Gasteiger partial charge < -0.3 is 4.42 Å². The highest BCUT2D eigenvalue weighted by molar-refractivity contribution is 6.26. The molecule has 0 N–H and O–H groups in total. The van der Waals surface area contributed by atoms with Crippen LogP contribution in [-0.2, 0) is 0 Å². The lowest BCUT2D eigenvalue weighted by Gasteiger charge is -2.12. The molecule has 0 aliphatic carbocycles. The van der Waals surface area contributed by atoms with Gasteiger partial charge in [-0.1, -0.05) is 145 Å². The third-order valence-corrected chi connectivity index (χ3v) is 8.89. The van der Waals surface area contributed by atoms with E-state index in [-0.39, 0.29) is 28.6 Å². The Labute approximate surface area is 296 Å². The van der Waals surface area contributed by atoms with Crippen molar-refractivity contribution in [1.82, 2.24) is 15.0 Å². The first-order valence-electron chi connectivity index (χ1n) is 20.6. The largest absolute Gasteiger partial charge is 0.455 e. The average molecular weight is 636 g/mol. The molecule has 0 atom stereocenters. The Hall–Kier alpha value is -6.65. The van der Waals surface area contributed by atoms with Gasteiger partial charge in [0.2, 0.25) is 0 Å². The monoisotopic (exact) mass is 635 g/mol. The van der Waals surface area contributed by atoms with Gasteiger partial charge in [-0.05, 0) is 56.1 Å². The van der Waals surface area contributed by atoms with Crippen LogP contribution >= 0.6 is 0 Å². The Morgan fingerprint density at radius 3 is 1.49 bits per heavy atom. The van der Waals surface area contributed by atoms with E-state index in [0.29, 0.717) is 16.7 Å². The summed E-state index contributed by atoms with van der Waals surface area (Å²) in [4.78, 5) is 13.5. The van der Waals surface area contributed by atoms with Crippen molar-refractivity contribution in [3.8, 4) is 45.3 Å². The molecular formula is C45H27N3O. The SMILES string of the molecule is [2H]c1c([2H])c([2H])c(-c2nc(-c3ccc4c(c3)oc3c(-c5ccc6c7ccccc7c7ccccc7c6c5)cccc34)nc(-c3c([2H])c([2H])c([2H])c([2H])c3[2H])n2)c([2H])c1[2H]. The van der Waals surface area contributed by atoms with Gasteiger partial charge in [0.05, 0.1) is 13.7 Å². The maximum absolute atomic E-state index is 8.64. The van der Waals surface area contributed by atoms with Crippen LogP contribution in [0.4, 0.5) is 0 Å². The van der Waals surface area contributed by atoms with E-state index < -0.39 is 60.4 Å². The van der Waals surface area contributed by atoms with E-state index >= 15 is 0 Å². The van der Waals surface area contributed by atoms with Crippen molar-refractivity contribution < 1.29 is 18.1 Å². The lowest BCUT2D eigenvalue weighted by molar-refractivity contribution is 0.670. The van der Waals surface area contributed by atoms with E-state index in [2.05, 4.69) is 75.6 Å². The second kappa shape index (κ2) is 11.0. The van der Waals surface area contributed by atoms with Crippen molar-refractivity contribution in [3.05, 3.63) is 164 Å².